The SMILES string of the molecule is CCN(CCC(N)=O)C1CCCC1CN. The van der Waals surface area contributed by atoms with Crippen LogP contribution < -0.4 is 11.5 Å². The lowest BCUT2D eigenvalue weighted by molar-refractivity contribution is -0.118. The number of primary amides is 1. The van der Waals surface area contributed by atoms with Crippen LogP contribution in [0.25, 0.3) is 0 Å². The monoisotopic (exact) mass is 213 g/mol. The molecule has 1 aliphatic carbocycles. The zero-order chi connectivity index (χ0) is 11.3. The normalized spacial score (nSPS) is 26.1. The molecule has 0 aromatic rings. The van der Waals surface area contributed by atoms with Crippen LogP contribution in [0.15, 0.2) is 0 Å². The van der Waals surface area contributed by atoms with Crippen molar-refractivity contribution in [3.63, 3.8) is 0 Å². The fourth-order valence-electron chi connectivity index (χ4n) is 2.59. The Morgan fingerprint density at radius 3 is 2.73 bits per heavy atom. The average molecular weight is 213 g/mol. The molecule has 4 heteroatoms. The fraction of sp³-hybridized carbons (Fsp3) is 0.909. The van der Waals surface area contributed by atoms with Crippen molar-refractivity contribution in [3.8, 4) is 0 Å². The molecule has 1 saturated carbocycles. The molecule has 1 fully saturated rings. The van der Waals surface area contributed by atoms with Crippen LogP contribution in [0.2, 0.25) is 0 Å². The molecule has 4 N–H and O–H groups in total. The van der Waals surface area contributed by atoms with Gasteiger partial charge in [-0.05, 0) is 31.8 Å². The van der Waals surface area contributed by atoms with E-state index < -0.39 is 0 Å². The van der Waals surface area contributed by atoms with Gasteiger partial charge in [-0.25, -0.2) is 0 Å². The van der Waals surface area contributed by atoms with E-state index >= 15 is 0 Å². The van der Waals surface area contributed by atoms with E-state index in [1.807, 2.05) is 0 Å². The van der Waals surface area contributed by atoms with Gasteiger partial charge in [-0.1, -0.05) is 13.3 Å². The molecule has 1 aliphatic rings. The van der Waals surface area contributed by atoms with Crippen molar-refractivity contribution in [2.75, 3.05) is 19.6 Å². The van der Waals surface area contributed by atoms with E-state index in [4.69, 9.17) is 11.5 Å². The molecule has 0 spiro atoms. The van der Waals surface area contributed by atoms with Crippen molar-refractivity contribution in [2.45, 2.75) is 38.6 Å². The highest BCUT2D eigenvalue weighted by molar-refractivity contribution is 5.73. The van der Waals surface area contributed by atoms with Crippen LogP contribution in [0.5, 0.6) is 0 Å². The third kappa shape index (κ3) is 3.47. The largest absolute Gasteiger partial charge is 0.370 e. The maximum atomic E-state index is 10.8. The van der Waals surface area contributed by atoms with Gasteiger partial charge in [0, 0.05) is 19.0 Å². The number of carbonyl (C=O) groups is 1. The van der Waals surface area contributed by atoms with Crippen molar-refractivity contribution in [1.29, 1.82) is 0 Å². The molecule has 88 valence electrons. The summed E-state index contributed by atoms with van der Waals surface area (Å²) in [5.41, 5.74) is 10.9. The third-order valence-corrected chi connectivity index (χ3v) is 3.44. The van der Waals surface area contributed by atoms with E-state index in [1.54, 1.807) is 0 Å². The van der Waals surface area contributed by atoms with Gasteiger partial charge < -0.3 is 11.5 Å². The van der Waals surface area contributed by atoms with Crippen LogP contribution >= 0.6 is 0 Å². The van der Waals surface area contributed by atoms with Gasteiger partial charge in [0.2, 0.25) is 5.91 Å². The Morgan fingerprint density at radius 2 is 2.20 bits per heavy atom. The Bertz CT molecular complexity index is 208. The molecule has 4 nitrogen and oxygen atoms in total. The second-order valence-corrected chi connectivity index (χ2v) is 4.34. The van der Waals surface area contributed by atoms with Crippen LogP contribution in [0.1, 0.15) is 32.6 Å². The van der Waals surface area contributed by atoms with Gasteiger partial charge in [0.15, 0.2) is 0 Å². The molecule has 0 aromatic heterocycles. The molecule has 0 heterocycles. The van der Waals surface area contributed by atoms with E-state index in [9.17, 15) is 4.79 Å². The summed E-state index contributed by atoms with van der Waals surface area (Å²) in [6.45, 7) is 4.66. The van der Waals surface area contributed by atoms with E-state index in [0.717, 1.165) is 19.6 Å². The van der Waals surface area contributed by atoms with Crippen molar-refractivity contribution >= 4 is 5.91 Å². The second-order valence-electron chi connectivity index (χ2n) is 4.34. The lowest BCUT2D eigenvalue weighted by Crippen LogP contribution is -2.41. The summed E-state index contributed by atoms with van der Waals surface area (Å²) >= 11 is 0. The molecule has 15 heavy (non-hydrogen) atoms. The van der Waals surface area contributed by atoms with E-state index in [0.29, 0.717) is 18.4 Å². The van der Waals surface area contributed by atoms with E-state index in [1.165, 1.54) is 19.3 Å². The highest BCUT2D eigenvalue weighted by atomic mass is 16.1. The number of hydrogen-bond donors (Lipinski definition) is 2. The van der Waals surface area contributed by atoms with Crippen LogP contribution in [0.4, 0.5) is 0 Å². The quantitative estimate of drug-likeness (QED) is 0.667. The van der Waals surface area contributed by atoms with Crippen LogP contribution in [0.3, 0.4) is 0 Å². The van der Waals surface area contributed by atoms with Crippen molar-refractivity contribution in [2.24, 2.45) is 17.4 Å². The summed E-state index contributed by atoms with van der Waals surface area (Å²) in [5, 5.41) is 0. The number of nitrogens with zero attached hydrogens (tertiary/aromatic N) is 1. The maximum absolute atomic E-state index is 10.8. The van der Waals surface area contributed by atoms with Gasteiger partial charge in [0.25, 0.3) is 0 Å². The van der Waals surface area contributed by atoms with E-state index in [2.05, 4.69) is 11.8 Å². The zero-order valence-corrected chi connectivity index (χ0v) is 9.61. The lowest BCUT2D eigenvalue weighted by Gasteiger charge is -2.31. The van der Waals surface area contributed by atoms with Crippen molar-refractivity contribution in [3.05, 3.63) is 0 Å². The molecular weight excluding hydrogens is 190 g/mol. The number of carbonyl (C=O) groups excluding carboxylic acids is 1. The zero-order valence-electron chi connectivity index (χ0n) is 9.61. The summed E-state index contributed by atoms with van der Waals surface area (Å²) in [6, 6.07) is 0.569. The molecule has 0 radical (unpaired) electrons. The highest BCUT2D eigenvalue weighted by Crippen LogP contribution is 2.29. The van der Waals surface area contributed by atoms with Gasteiger partial charge in [0.05, 0.1) is 0 Å². The van der Waals surface area contributed by atoms with Gasteiger partial charge in [-0.3, -0.25) is 9.69 Å². The Kier molecular flexibility index (Phi) is 5.05. The van der Waals surface area contributed by atoms with Gasteiger partial charge in [-0.2, -0.15) is 0 Å². The number of hydrogen-bond acceptors (Lipinski definition) is 3. The fourth-order valence-corrected chi connectivity index (χ4v) is 2.59. The van der Waals surface area contributed by atoms with Crippen LogP contribution in [0, 0.1) is 5.92 Å². The Morgan fingerprint density at radius 1 is 1.47 bits per heavy atom. The summed E-state index contributed by atoms with van der Waals surface area (Å²) in [5.74, 6) is 0.397. The minimum atomic E-state index is -0.212. The Balaban J connectivity index is 2.45. The van der Waals surface area contributed by atoms with Crippen molar-refractivity contribution in [1.82, 2.24) is 4.90 Å². The Hall–Kier alpha value is -0.610. The molecule has 0 bridgehead atoms. The lowest BCUT2D eigenvalue weighted by atomic mass is 10.0. The average Bonchev–Trinajstić information content (AvgIpc) is 2.66. The van der Waals surface area contributed by atoms with Crippen LogP contribution in [-0.2, 0) is 4.79 Å². The number of nitrogens with two attached hydrogens (primary N) is 2. The molecule has 2 unspecified atom stereocenters. The van der Waals surface area contributed by atoms with Gasteiger partial charge in [-0.15, -0.1) is 0 Å². The van der Waals surface area contributed by atoms with Crippen LogP contribution in [-0.4, -0.2) is 36.5 Å². The number of rotatable bonds is 6. The Labute approximate surface area is 92.0 Å². The predicted octanol–water partition coefficient (Wildman–Crippen LogP) is 0.311. The van der Waals surface area contributed by atoms with E-state index in [-0.39, 0.29) is 5.91 Å². The molecule has 1 amide bonds. The molecular formula is C11H23N3O. The van der Waals surface area contributed by atoms with Crippen molar-refractivity contribution < 1.29 is 4.79 Å². The summed E-state index contributed by atoms with van der Waals surface area (Å²) < 4.78 is 0. The third-order valence-electron chi connectivity index (χ3n) is 3.44. The first-order chi connectivity index (χ1) is 7.19. The topological polar surface area (TPSA) is 72.3 Å². The molecule has 0 aliphatic heterocycles. The predicted molar refractivity (Wildman–Crippen MR) is 61.2 cm³/mol. The van der Waals surface area contributed by atoms with Gasteiger partial charge in [0.1, 0.15) is 0 Å². The smallest absolute Gasteiger partial charge is 0.218 e. The minimum Gasteiger partial charge on any atom is -0.370 e. The summed E-state index contributed by atoms with van der Waals surface area (Å²) in [6.07, 6.45) is 4.17. The first-order valence-electron chi connectivity index (χ1n) is 5.91. The number of amides is 1. The summed E-state index contributed by atoms with van der Waals surface area (Å²) in [4.78, 5) is 13.1. The van der Waals surface area contributed by atoms with Gasteiger partial charge >= 0.3 is 0 Å². The minimum absolute atomic E-state index is 0.212. The highest BCUT2D eigenvalue weighted by Gasteiger charge is 2.30. The molecule has 1 rings (SSSR count). The molecule has 0 aromatic carbocycles. The first-order valence-corrected chi connectivity index (χ1v) is 5.91. The molecule has 2 atom stereocenters. The standard InChI is InChI=1S/C11H23N3O/c1-2-14(7-6-11(13)15)10-5-3-4-9(10)8-12/h9-10H,2-8,12H2,1H3,(H2,13,15). The summed E-state index contributed by atoms with van der Waals surface area (Å²) in [7, 11) is 0. The first kappa shape index (κ1) is 12.5. The molecule has 0 saturated heterocycles. The second kappa shape index (κ2) is 6.08. The maximum Gasteiger partial charge on any atom is 0.218 e.